The first-order valence-electron chi connectivity index (χ1n) is 6.94. The Bertz CT molecular complexity index is 608. The van der Waals surface area contributed by atoms with Gasteiger partial charge in [-0.05, 0) is 24.5 Å². The van der Waals surface area contributed by atoms with Crippen LogP contribution in [0.5, 0.6) is 0 Å². The lowest BCUT2D eigenvalue weighted by molar-refractivity contribution is -0.000111. The molecular formula is C17H21NO2. The van der Waals surface area contributed by atoms with Crippen LogP contribution in [-0.2, 0) is 4.74 Å². The summed E-state index contributed by atoms with van der Waals surface area (Å²) in [4.78, 5) is 17.2. The standard InChI is InChI=1S/C17H21NO2/c1-5-20-16(17(2,3)4)15(19)13-10-6-8-12-9-7-11-18-14(12)13/h6-11,16H,5H2,1-4H3. The Morgan fingerprint density at radius 2 is 1.95 bits per heavy atom. The van der Waals surface area contributed by atoms with Crippen LogP contribution in [0.1, 0.15) is 38.1 Å². The number of hydrogen-bond donors (Lipinski definition) is 0. The van der Waals surface area contributed by atoms with E-state index in [0.717, 1.165) is 10.9 Å². The number of carbonyl (C=O) groups excluding carboxylic acids is 1. The maximum Gasteiger partial charge on any atom is 0.194 e. The quantitative estimate of drug-likeness (QED) is 0.792. The number of fused-ring (bicyclic) bond motifs is 1. The van der Waals surface area contributed by atoms with Crippen LogP contribution in [0.3, 0.4) is 0 Å². The largest absolute Gasteiger partial charge is 0.370 e. The molecule has 0 fully saturated rings. The first-order chi connectivity index (χ1) is 9.45. The predicted octanol–water partition coefficient (Wildman–Crippen LogP) is 3.87. The predicted molar refractivity (Wildman–Crippen MR) is 80.9 cm³/mol. The third-order valence-corrected chi connectivity index (χ3v) is 3.26. The van der Waals surface area contributed by atoms with Gasteiger partial charge in [-0.25, -0.2) is 0 Å². The van der Waals surface area contributed by atoms with Crippen molar-refractivity contribution in [3.05, 3.63) is 42.1 Å². The molecule has 0 saturated carbocycles. The lowest BCUT2D eigenvalue weighted by Crippen LogP contribution is -2.37. The molecule has 0 bridgehead atoms. The topological polar surface area (TPSA) is 39.2 Å². The van der Waals surface area contributed by atoms with E-state index in [1.807, 2.05) is 58.0 Å². The van der Waals surface area contributed by atoms with Crippen molar-refractivity contribution in [3.63, 3.8) is 0 Å². The molecule has 0 N–H and O–H groups in total. The molecule has 0 radical (unpaired) electrons. The minimum Gasteiger partial charge on any atom is -0.370 e. The van der Waals surface area contributed by atoms with Crippen LogP contribution >= 0.6 is 0 Å². The summed E-state index contributed by atoms with van der Waals surface area (Å²) in [5.74, 6) is 0.00338. The fourth-order valence-corrected chi connectivity index (χ4v) is 2.33. The Morgan fingerprint density at radius 1 is 1.25 bits per heavy atom. The zero-order valence-corrected chi connectivity index (χ0v) is 12.5. The highest BCUT2D eigenvalue weighted by Gasteiger charge is 2.33. The van der Waals surface area contributed by atoms with Gasteiger partial charge in [0.15, 0.2) is 5.78 Å². The molecule has 3 nitrogen and oxygen atoms in total. The molecule has 3 heteroatoms. The number of para-hydroxylation sites is 1. The van der Waals surface area contributed by atoms with Crippen LogP contribution in [0, 0.1) is 5.41 Å². The van der Waals surface area contributed by atoms with Crippen molar-refractivity contribution in [2.45, 2.75) is 33.8 Å². The van der Waals surface area contributed by atoms with Gasteiger partial charge in [-0.1, -0.05) is 39.0 Å². The zero-order valence-electron chi connectivity index (χ0n) is 12.5. The minimum atomic E-state index is -0.458. The van der Waals surface area contributed by atoms with Crippen molar-refractivity contribution < 1.29 is 9.53 Å². The van der Waals surface area contributed by atoms with Gasteiger partial charge in [0, 0.05) is 23.8 Å². The van der Waals surface area contributed by atoms with Crippen molar-refractivity contribution in [3.8, 4) is 0 Å². The van der Waals surface area contributed by atoms with Gasteiger partial charge in [0.25, 0.3) is 0 Å². The Balaban J connectivity index is 2.49. The number of ether oxygens (including phenoxy) is 1. The van der Waals surface area contributed by atoms with Crippen LogP contribution in [0.4, 0.5) is 0 Å². The smallest absolute Gasteiger partial charge is 0.194 e. The van der Waals surface area contributed by atoms with Gasteiger partial charge in [0.05, 0.1) is 5.52 Å². The van der Waals surface area contributed by atoms with Gasteiger partial charge in [-0.3, -0.25) is 9.78 Å². The number of benzene rings is 1. The van der Waals surface area contributed by atoms with E-state index in [0.29, 0.717) is 12.2 Å². The average molecular weight is 271 g/mol. The molecule has 0 aliphatic rings. The summed E-state index contributed by atoms with van der Waals surface area (Å²) in [6, 6.07) is 9.52. The highest BCUT2D eigenvalue weighted by Crippen LogP contribution is 2.27. The molecule has 1 heterocycles. The molecule has 0 aliphatic heterocycles. The van der Waals surface area contributed by atoms with Crippen LogP contribution in [0.25, 0.3) is 10.9 Å². The lowest BCUT2D eigenvalue weighted by Gasteiger charge is -2.29. The molecule has 0 aliphatic carbocycles. The van der Waals surface area contributed by atoms with Gasteiger partial charge in [0.1, 0.15) is 6.10 Å². The average Bonchev–Trinajstić information content (AvgIpc) is 2.42. The number of pyridine rings is 1. The van der Waals surface area contributed by atoms with E-state index < -0.39 is 6.10 Å². The molecule has 1 aromatic carbocycles. The normalized spacial score (nSPS) is 13.4. The highest BCUT2D eigenvalue weighted by atomic mass is 16.5. The van der Waals surface area contributed by atoms with Crippen molar-refractivity contribution in [1.29, 1.82) is 0 Å². The SMILES string of the molecule is CCOC(C(=O)c1cccc2cccnc12)C(C)(C)C. The summed E-state index contributed by atoms with van der Waals surface area (Å²) >= 11 is 0. The molecule has 0 saturated heterocycles. The first-order valence-corrected chi connectivity index (χ1v) is 6.94. The number of Topliss-reactive ketones (excluding diaryl/α,β-unsaturated/α-hetero) is 1. The van der Waals surface area contributed by atoms with Gasteiger partial charge in [-0.2, -0.15) is 0 Å². The maximum atomic E-state index is 12.8. The Labute approximate surface area is 120 Å². The summed E-state index contributed by atoms with van der Waals surface area (Å²) < 4.78 is 5.69. The number of aromatic nitrogens is 1. The van der Waals surface area contributed by atoms with Crippen LogP contribution in [0.2, 0.25) is 0 Å². The second-order valence-electron chi connectivity index (χ2n) is 5.95. The van der Waals surface area contributed by atoms with E-state index in [1.165, 1.54) is 0 Å². The van der Waals surface area contributed by atoms with Gasteiger partial charge in [0.2, 0.25) is 0 Å². The molecule has 1 atom stereocenters. The van der Waals surface area contributed by atoms with Crippen molar-refractivity contribution >= 4 is 16.7 Å². The highest BCUT2D eigenvalue weighted by molar-refractivity contribution is 6.09. The Morgan fingerprint density at radius 3 is 2.60 bits per heavy atom. The monoisotopic (exact) mass is 271 g/mol. The van der Waals surface area contributed by atoms with Crippen LogP contribution in [-0.4, -0.2) is 23.5 Å². The third-order valence-electron chi connectivity index (χ3n) is 3.26. The third kappa shape index (κ3) is 2.88. The molecule has 0 spiro atoms. The summed E-state index contributed by atoms with van der Waals surface area (Å²) in [6.07, 6.45) is 1.26. The summed E-state index contributed by atoms with van der Waals surface area (Å²) in [5.41, 5.74) is 1.13. The first kappa shape index (κ1) is 14.7. The molecule has 0 amide bonds. The lowest BCUT2D eigenvalue weighted by atomic mass is 9.84. The molecular weight excluding hydrogens is 250 g/mol. The molecule has 2 rings (SSSR count). The van der Waals surface area contributed by atoms with Crippen LogP contribution in [0.15, 0.2) is 36.5 Å². The number of nitrogens with zero attached hydrogens (tertiary/aromatic N) is 1. The second kappa shape index (κ2) is 5.71. The molecule has 20 heavy (non-hydrogen) atoms. The second-order valence-corrected chi connectivity index (χ2v) is 5.95. The summed E-state index contributed by atoms with van der Waals surface area (Å²) in [6.45, 7) is 8.48. The number of rotatable bonds is 4. The van der Waals surface area contributed by atoms with E-state index in [2.05, 4.69) is 4.98 Å². The van der Waals surface area contributed by atoms with Gasteiger partial charge in [-0.15, -0.1) is 0 Å². The summed E-state index contributed by atoms with van der Waals surface area (Å²) in [7, 11) is 0. The Hall–Kier alpha value is -1.74. The van der Waals surface area contributed by atoms with Crippen molar-refractivity contribution in [2.75, 3.05) is 6.61 Å². The molecule has 2 aromatic rings. The maximum absolute atomic E-state index is 12.8. The molecule has 106 valence electrons. The fourth-order valence-electron chi connectivity index (χ4n) is 2.33. The van der Waals surface area contributed by atoms with Crippen molar-refractivity contribution in [1.82, 2.24) is 4.98 Å². The van der Waals surface area contributed by atoms with Gasteiger partial charge >= 0.3 is 0 Å². The summed E-state index contributed by atoms with van der Waals surface area (Å²) in [5, 5.41) is 0.975. The van der Waals surface area contributed by atoms with E-state index in [1.54, 1.807) is 6.20 Å². The molecule has 1 unspecified atom stereocenters. The number of carbonyl (C=O) groups is 1. The van der Waals surface area contributed by atoms with Crippen molar-refractivity contribution in [2.24, 2.45) is 5.41 Å². The van der Waals surface area contributed by atoms with E-state index in [9.17, 15) is 4.79 Å². The number of hydrogen-bond acceptors (Lipinski definition) is 3. The van der Waals surface area contributed by atoms with Gasteiger partial charge < -0.3 is 4.74 Å². The van der Waals surface area contributed by atoms with E-state index in [4.69, 9.17) is 4.74 Å². The minimum absolute atomic E-state index is 0.00338. The van der Waals surface area contributed by atoms with Crippen LogP contribution < -0.4 is 0 Å². The fraction of sp³-hybridized carbons (Fsp3) is 0.412. The molecule has 1 aromatic heterocycles. The van der Waals surface area contributed by atoms with E-state index >= 15 is 0 Å². The van der Waals surface area contributed by atoms with E-state index in [-0.39, 0.29) is 11.2 Å². The number of ketones is 1. The Kier molecular flexibility index (Phi) is 4.19. The zero-order chi connectivity index (χ0) is 14.8.